The molecular formula is C19H27FN2O2. The van der Waals surface area contributed by atoms with Gasteiger partial charge in [-0.2, -0.15) is 0 Å². The number of carbonyl (C=O) groups excluding carboxylic acids is 1. The summed E-state index contributed by atoms with van der Waals surface area (Å²) >= 11 is 0. The molecule has 0 aliphatic carbocycles. The lowest BCUT2D eigenvalue weighted by Crippen LogP contribution is -2.56. The molecule has 2 atom stereocenters. The predicted octanol–water partition coefficient (Wildman–Crippen LogP) is 2.18. The Bertz CT molecular complexity index is 555. The third-order valence-electron chi connectivity index (χ3n) is 5.58. The van der Waals surface area contributed by atoms with Crippen LogP contribution in [0, 0.1) is 11.7 Å². The summed E-state index contributed by atoms with van der Waals surface area (Å²) in [7, 11) is 0. The van der Waals surface area contributed by atoms with Gasteiger partial charge < -0.3 is 10.0 Å². The van der Waals surface area contributed by atoms with Crippen molar-refractivity contribution in [2.45, 2.75) is 38.3 Å². The van der Waals surface area contributed by atoms with Crippen LogP contribution in [0.15, 0.2) is 24.3 Å². The average Bonchev–Trinajstić information content (AvgIpc) is 2.62. The van der Waals surface area contributed by atoms with Gasteiger partial charge >= 0.3 is 0 Å². The molecule has 1 aromatic rings. The molecule has 0 spiro atoms. The molecular weight excluding hydrogens is 307 g/mol. The molecule has 0 radical (unpaired) electrons. The number of piperidine rings is 2. The Labute approximate surface area is 143 Å². The molecule has 4 nitrogen and oxygen atoms in total. The summed E-state index contributed by atoms with van der Waals surface area (Å²) in [5.41, 5.74) is 0.603. The molecule has 1 aromatic carbocycles. The Hall–Kier alpha value is -1.30. The number of aliphatic hydroxyl groups excluding tert-OH is 1. The van der Waals surface area contributed by atoms with Gasteiger partial charge in [-0.25, -0.2) is 4.39 Å². The van der Waals surface area contributed by atoms with E-state index < -0.39 is 0 Å². The second-order valence-electron chi connectivity index (χ2n) is 7.00. The number of likely N-dealkylation sites (N-methyl/N-ethyl adjacent to an activating group) is 1. The quantitative estimate of drug-likeness (QED) is 0.857. The van der Waals surface area contributed by atoms with Crippen molar-refractivity contribution in [3.63, 3.8) is 0 Å². The van der Waals surface area contributed by atoms with Crippen molar-refractivity contribution >= 4 is 5.78 Å². The Morgan fingerprint density at radius 3 is 2.42 bits per heavy atom. The predicted molar refractivity (Wildman–Crippen MR) is 91.6 cm³/mol. The van der Waals surface area contributed by atoms with Crippen LogP contribution >= 0.6 is 0 Å². The molecule has 0 aromatic heterocycles. The third-order valence-corrected chi connectivity index (χ3v) is 5.58. The molecule has 1 N–H and O–H groups in total. The van der Waals surface area contributed by atoms with E-state index in [1.165, 1.54) is 12.1 Å². The third kappa shape index (κ3) is 3.85. The highest BCUT2D eigenvalue weighted by Gasteiger charge is 2.35. The van der Waals surface area contributed by atoms with Crippen molar-refractivity contribution in [2.24, 2.45) is 5.92 Å². The van der Waals surface area contributed by atoms with Crippen LogP contribution < -0.4 is 0 Å². The summed E-state index contributed by atoms with van der Waals surface area (Å²) in [4.78, 5) is 17.2. The van der Waals surface area contributed by atoms with Gasteiger partial charge in [0.15, 0.2) is 5.78 Å². The largest absolute Gasteiger partial charge is 0.390 e. The number of nitrogens with zero attached hydrogens (tertiary/aromatic N) is 2. The molecule has 2 aliphatic heterocycles. The van der Waals surface area contributed by atoms with Crippen molar-refractivity contribution < 1.29 is 14.3 Å². The second kappa shape index (κ2) is 7.72. The molecule has 0 bridgehead atoms. The van der Waals surface area contributed by atoms with E-state index in [0.29, 0.717) is 5.56 Å². The van der Waals surface area contributed by atoms with Gasteiger partial charge in [-0.1, -0.05) is 6.92 Å². The number of ketones is 1. The number of rotatable bonds is 4. The summed E-state index contributed by atoms with van der Waals surface area (Å²) in [6.07, 6.45) is 2.32. The van der Waals surface area contributed by atoms with Crippen LogP contribution in [0.4, 0.5) is 4.39 Å². The number of likely N-dealkylation sites (tertiary alicyclic amines) is 2. The van der Waals surface area contributed by atoms with E-state index in [1.807, 2.05) is 0 Å². The Balaban J connectivity index is 1.54. The molecule has 2 heterocycles. The van der Waals surface area contributed by atoms with Crippen LogP contribution in [0.5, 0.6) is 0 Å². The van der Waals surface area contributed by atoms with Gasteiger partial charge in [-0.15, -0.1) is 0 Å². The highest BCUT2D eigenvalue weighted by molar-refractivity contribution is 5.97. The van der Waals surface area contributed by atoms with Crippen LogP contribution in [0.25, 0.3) is 0 Å². The summed E-state index contributed by atoms with van der Waals surface area (Å²) < 4.78 is 13.0. The minimum Gasteiger partial charge on any atom is -0.390 e. The van der Waals surface area contributed by atoms with Crippen LogP contribution in [-0.2, 0) is 0 Å². The SMILES string of the molecule is CCN1CCC(N2CCC(C(=O)c3ccc(F)cc3)CC2)C(O)C1. The van der Waals surface area contributed by atoms with Crippen molar-refractivity contribution in [2.75, 3.05) is 32.7 Å². The average molecular weight is 334 g/mol. The van der Waals surface area contributed by atoms with Crippen LogP contribution in [0.3, 0.4) is 0 Å². The van der Waals surface area contributed by atoms with Gasteiger partial charge in [0, 0.05) is 24.1 Å². The van der Waals surface area contributed by atoms with Crippen molar-refractivity contribution in [3.8, 4) is 0 Å². The summed E-state index contributed by atoms with van der Waals surface area (Å²) in [6, 6.07) is 6.07. The van der Waals surface area contributed by atoms with Gasteiger partial charge in [-0.3, -0.25) is 9.69 Å². The van der Waals surface area contributed by atoms with E-state index >= 15 is 0 Å². The number of β-amino-alcohol motifs (C(OH)–C–C–N with tert-alkyl or cyclic N) is 1. The molecule has 2 unspecified atom stereocenters. The van der Waals surface area contributed by atoms with Gasteiger partial charge in [-0.05, 0) is 69.7 Å². The summed E-state index contributed by atoms with van der Waals surface area (Å²) in [5, 5.41) is 10.4. The highest BCUT2D eigenvalue weighted by Crippen LogP contribution is 2.26. The lowest BCUT2D eigenvalue weighted by molar-refractivity contribution is -0.0217. The highest BCUT2D eigenvalue weighted by atomic mass is 19.1. The number of benzene rings is 1. The van der Waals surface area contributed by atoms with Gasteiger partial charge in [0.2, 0.25) is 0 Å². The van der Waals surface area contributed by atoms with Gasteiger partial charge in [0.05, 0.1) is 6.10 Å². The second-order valence-corrected chi connectivity index (χ2v) is 7.00. The lowest BCUT2D eigenvalue weighted by atomic mass is 9.87. The molecule has 2 fully saturated rings. The zero-order chi connectivity index (χ0) is 17.1. The first-order valence-electron chi connectivity index (χ1n) is 9.02. The van der Waals surface area contributed by atoms with Gasteiger partial charge in [0.25, 0.3) is 0 Å². The minimum absolute atomic E-state index is 0.0135. The van der Waals surface area contributed by atoms with E-state index in [0.717, 1.165) is 52.0 Å². The van der Waals surface area contributed by atoms with E-state index in [-0.39, 0.29) is 29.7 Å². The fourth-order valence-electron chi connectivity index (χ4n) is 4.04. The Morgan fingerprint density at radius 1 is 1.17 bits per heavy atom. The standard InChI is InChI=1S/C19H27FN2O2/c1-2-21-10-9-17(18(23)13-21)22-11-7-15(8-12-22)19(24)14-3-5-16(20)6-4-14/h3-6,15,17-18,23H,2,7-13H2,1H3. The molecule has 2 saturated heterocycles. The molecule has 5 heteroatoms. The van der Waals surface area contributed by atoms with E-state index in [2.05, 4.69) is 16.7 Å². The molecule has 0 saturated carbocycles. The minimum atomic E-state index is -0.311. The van der Waals surface area contributed by atoms with Crippen molar-refractivity contribution in [1.82, 2.24) is 9.80 Å². The first kappa shape index (κ1) is 17.5. The first-order valence-corrected chi connectivity index (χ1v) is 9.02. The van der Waals surface area contributed by atoms with Crippen molar-refractivity contribution in [1.29, 1.82) is 0 Å². The number of halogens is 1. The normalized spacial score (nSPS) is 27.3. The molecule has 132 valence electrons. The topological polar surface area (TPSA) is 43.8 Å². The van der Waals surface area contributed by atoms with E-state index in [9.17, 15) is 14.3 Å². The molecule has 3 rings (SSSR count). The number of Topliss-reactive ketones (excluding diaryl/α,β-unsaturated/α-hetero) is 1. The van der Waals surface area contributed by atoms with E-state index in [1.54, 1.807) is 12.1 Å². The van der Waals surface area contributed by atoms with E-state index in [4.69, 9.17) is 0 Å². The zero-order valence-electron chi connectivity index (χ0n) is 14.3. The lowest BCUT2D eigenvalue weighted by Gasteiger charge is -2.44. The van der Waals surface area contributed by atoms with Crippen molar-refractivity contribution in [3.05, 3.63) is 35.6 Å². The fourth-order valence-corrected chi connectivity index (χ4v) is 4.04. The maximum Gasteiger partial charge on any atom is 0.166 e. The fraction of sp³-hybridized carbons (Fsp3) is 0.632. The molecule has 2 aliphatic rings. The number of hydrogen-bond donors (Lipinski definition) is 1. The zero-order valence-corrected chi connectivity index (χ0v) is 14.3. The van der Waals surface area contributed by atoms with Crippen LogP contribution in [-0.4, -0.2) is 65.6 Å². The Morgan fingerprint density at radius 2 is 1.83 bits per heavy atom. The molecule has 0 amide bonds. The summed E-state index contributed by atoms with van der Waals surface area (Å²) in [5.74, 6) is -0.177. The maximum atomic E-state index is 13.0. The Kier molecular flexibility index (Phi) is 5.64. The smallest absolute Gasteiger partial charge is 0.166 e. The summed E-state index contributed by atoms with van der Waals surface area (Å²) in [6.45, 7) is 6.59. The van der Waals surface area contributed by atoms with Crippen LogP contribution in [0.1, 0.15) is 36.5 Å². The van der Waals surface area contributed by atoms with Gasteiger partial charge in [0.1, 0.15) is 5.82 Å². The number of hydrogen-bond acceptors (Lipinski definition) is 4. The van der Waals surface area contributed by atoms with Crippen LogP contribution in [0.2, 0.25) is 0 Å². The number of carbonyl (C=O) groups is 1. The maximum absolute atomic E-state index is 13.0. The number of aliphatic hydroxyl groups is 1. The first-order chi connectivity index (χ1) is 11.6. The monoisotopic (exact) mass is 334 g/mol. The molecule has 24 heavy (non-hydrogen) atoms.